The maximum atomic E-state index is 12.1. The molecular weight excluding hydrogens is 414 g/mol. The number of rotatable bonds is 6. The second-order valence-corrected chi connectivity index (χ2v) is 9.12. The van der Waals surface area contributed by atoms with Crippen LogP contribution < -0.4 is 16.0 Å². The third-order valence-corrected chi connectivity index (χ3v) is 6.45. The first-order valence-corrected chi connectivity index (χ1v) is 10.9. The molecular formula is C22H27N5O3S. The number of thiophene rings is 1. The zero-order valence-corrected chi connectivity index (χ0v) is 18.7. The van der Waals surface area contributed by atoms with Crippen molar-refractivity contribution in [2.75, 3.05) is 36.5 Å². The number of aliphatic hydroxyl groups is 1. The lowest BCUT2D eigenvalue weighted by Gasteiger charge is -2.27. The number of nitrogens with one attached hydrogen (secondary N) is 1. The van der Waals surface area contributed by atoms with Crippen LogP contribution >= 0.6 is 11.3 Å². The average molecular weight is 442 g/mol. The molecule has 3 aromatic rings. The smallest absolute Gasteiger partial charge is 0.251 e. The summed E-state index contributed by atoms with van der Waals surface area (Å²) in [5.74, 6) is 1.17. The van der Waals surface area contributed by atoms with Crippen LogP contribution in [0.25, 0.3) is 10.4 Å². The Morgan fingerprint density at radius 1 is 1.26 bits per heavy atom. The Hall–Kier alpha value is -2.88. The fourth-order valence-corrected chi connectivity index (χ4v) is 4.75. The molecule has 1 aliphatic rings. The molecule has 0 aliphatic carbocycles. The van der Waals surface area contributed by atoms with E-state index in [0.29, 0.717) is 23.8 Å². The molecule has 8 nitrogen and oxygen atoms in total. The molecule has 0 aromatic carbocycles. The lowest BCUT2D eigenvalue weighted by Crippen LogP contribution is -2.36. The Morgan fingerprint density at radius 2 is 2.00 bits per heavy atom. The molecule has 1 amide bonds. The predicted molar refractivity (Wildman–Crippen MR) is 123 cm³/mol. The number of morpholine rings is 1. The van der Waals surface area contributed by atoms with E-state index in [1.54, 1.807) is 19.9 Å². The monoisotopic (exact) mass is 441 g/mol. The Labute approximate surface area is 185 Å². The van der Waals surface area contributed by atoms with E-state index in [9.17, 15) is 9.90 Å². The van der Waals surface area contributed by atoms with Gasteiger partial charge in [0.25, 0.3) is 5.91 Å². The van der Waals surface area contributed by atoms with Crippen molar-refractivity contribution in [1.82, 2.24) is 9.55 Å². The maximum absolute atomic E-state index is 12.1. The second-order valence-electron chi connectivity index (χ2n) is 8.07. The van der Waals surface area contributed by atoms with Crippen LogP contribution in [0.5, 0.6) is 0 Å². The van der Waals surface area contributed by atoms with E-state index in [0.717, 1.165) is 40.9 Å². The van der Waals surface area contributed by atoms with Crippen LogP contribution in [0.2, 0.25) is 0 Å². The topological polar surface area (TPSA) is 106 Å². The maximum Gasteiger partial charge on any atom is 0.251 e. The molecule has 4 N–H and O–H groups in total. The fourth-order valence-electron chi connectivity index (χ4n) is 3.69. The van der Waals surface area contributed by atoms with Gasteiger partial charge in [0.05, 0.1) is 30.1 Å². The summed E-state index contributed by atoms with van der Waals surface area (Å²) in [5.41, 5.74) is 6.76. The van der Waals surface area contributed by atoms with E-state index in [2.05, 4.69) is 15.2 Å². The largest absolute Gasteiger partial charge is 0.384 e. The molecule has 0 atom stereocenters. The number of ether oxygens (including phenoxy) is 1. The first-order valence-electron chi connectivity index (χ1n) is 10.1. The molecule has 0 radical (unpaired) electrons. The van der Waals surface area contributed by atoms with E-state index in [4.69, 9.17) is 10.5 Å². The summed E-state index contributed by atoms with van der Waals surface area (Å²) in [6.45, 7) is 6.54. The number of hydrogen-bond donors (Lipinski definition) is 3. The number of pyridine rings is 1. The molecule has 1 aliphatic heterocycles. The molecule has 3 aromatic heterocycles. The zero-order valence-electron chi connectivity index (χ0n) is 17.9. The van der Waals surface area contributed by atoms with Gasteiger partial charge in [-0.15, -0.1) is 11.3 Å². The van der Waals surface area contributed by atoms with Gasteiger partial charge in [-0.05, 0) is 44.2 Å². The standard InChI is InChI=1S/C22H27N5O3S/c1-22(2,29)17-5-7-19(26(17)3)25-21-15(20(23)28)12-16(31-21)14-4-6-18(24-13-14)27-8-10-30-11-9-27/h4-7,12-13,25,29H,8-11H2,1-3H3,(H2,23,28). The third-order valence-electron chi connectivity index (χ3n) is 5.36. The minimum absolute atomic E-state index is 0.420. The van der Waals surface area contributed by atoms with Gasteiger partial charge in [0.15, 0.2) is 0 Å². The number of nitrogens with zero attached hydrogens (tertiary/aromatic N) is 3. The van der Waals surface area contributed by atoms with Crippen LogP contribution in [-0.2, 0) is 17.4 Å². The average Bonchev–Trinajstić information content (AvgIpc) is 3.33. The highest BCUT2D eigenvalue weighted by atomic mass is 32.1. The number of carbonyl (C=O) groups excluding carboxylic acids is 1. The number of carbonyl (C=O) groups is 1. The highest BCUT2D eigenvalue weighted by Crippen LogP contribution is 2.38. The van der Waals surface area contributed by atoms with Crippen molar-refractivity contribution in [1.29, 1.82) is 0 Å². The quantitative estimate of drug-likeness (QED) is 0.543. The molecule has 164 valence electrons. The molecule has 0 spiro atoms. The lowest BCUT2D eigenvalue weighted by atomic mass is 10.1. The SMILES string of the molecule is Cn1c(Nc2sc(-c3ccc(N4CCOCC4)nc3)cc2C(N)=O)ccc1C(C)(C)O. The van der Waals surface area contributed by atoms with E-state index in [-0.39, 0.29) is 0 Å². The van der Waals surface area contributed by atoms with E-state index in [1.165, 1.54) is 11.3 Å². The van der Waals surface area contributed by atoms with E-state index < -0.39 is 11.5 Å². The molecule has 0 saturated carbocycles. The molecule has 1 fully saturated rings. The molecule has 0 bridgehead atoms. The van der Waals surface area contributed by atoms with Gasteiger partial charge in [-0.1, -0.05) is 0 Å². The summed E-state index contributed by atoms with van der Waals surface area (Å²) in [5, 5.41) is 14.3. The van der Waals surface area contributed by atoms with Gasteiger partial charge < -0.3 is 30.4 Å². The normalized spacial score (nSPS) is 14.6. The van der Waals surface area contributed by atoms with Crippen LogP contribution in [0.15, 0.2) is 36.5 Å². The Balaban J connectivity index is 1.61. The fraction of sp³-hybridized carbons (Fsp3) is 0.364. The Bertz CT molecular complexity index is 1080. The molecule has 1 saturated heterocycles. The summed E-state index contributed by atoms with van der Waals surface area (Å²) in [6, 6.07) is 9.52. The van der Waals surface area contributed by atoms with Crippen LogP contribution in [-0.4, -0.2) is 46.9 Å². The van der Waals surface area contributed by atoms with Crippen molar-refractivity contribution in [2.24, 2.45) is 12.8 Å². The van der Waals surface area contributed by atoms with Gasteiger partial charge in [0, 0.05) is 36.8 Å². The van der Waals surface area contributed by atoms with Gasteiger partial charge in [0.1, 0.15) is 16.6 Å². The molecule has 31 heavy (non-hydrogen) atoms. The number of anilines is 3. The number of aromatic nitrogens is 2. The summed E-state index contributed by atoms with van der Waals surface area (Å²) < 4.78 is 7.26. The van der Waals surface area contributed by atoms with Crippen LogP contribution in [0.4, 0.5) is 16.6 Å². The van der Waals surface area contributed by atoms with Crippen molar-refractivity contribution >= 4 is 33.9 Å². The summed E-state index contributed by atoms with van der Waals surface area (Å²) in [7, 11) is 1.86. The van der Waals surface area contributed by atoms with Crippen molar-refractivity contribution in [3.05, 3.63) is 47.8 Å². The highest BCUT2D eigenvalue weighted by Gasteiger charge is 2.22. The summed E-state index contributed by atoms with van der Waals surface area (Å²) in [4.78, 5) is 19.8. The van der Waals surface area contributed by atoms with Gasteiger partial charge in [-0.25, -0.2) is 4.98 Å². The van der Waals surface area contributed by atoms with Crippen molar-refractivity contribution in [2.45, 2.75) is 19.4 Å². The van der Waals surface area contributed by atoms with Crippen LogP contribution in [0.1, 0.15) is 29.9 Å². The number of primary amides is 1. The molecule has 4 rings (SSSR count). The van der Waals surface area contributed by atoms with Crippen molar-refractivity contribution < 1.29 is 14.6 Å². The van der Waals surface area contributed by atoms with Crippen molar-refractivity contribution in [3.63, 3.8) is 0 Å². The Morgan fingerprint density at radius 3 is 2.58 bits per heavy atom. The molecule has 9 heteroatoms. The summed E-state index contributed by atoms with van der Waals surface area (Å²) >= 11 is 1.44. The predicted octanol–water partition coefficient (Wildman–Crippen LogP) is 3.06. The minimum Gasteiger partial charge on any atom is -0.384 e. The number of amides is 1. The first-order chi connectivity index (χ1) is 14.7. The zero-order chi connectivity index (χ0) is 22.2. The van der Waals surface area contributed by atoms with Gasteiger partial charge in [-0.3, -0.25) is 4.79 Å². The number of hydrogen-bond acceptors (Lipinski definition) is 7. The lowest BCUT2D eigenvalue weighted by molar-refractivity contribution is 0.0709. The summed E-state index contributed by atoms with van der Waals surface area (Å²) in [6.07, 6.45) is 1.82. The van der Waals surface area contributed by atoms with Crippen LogP contribution in [0, 0.1) is 0 Å². The Kier molecular flexibility index (Phi) is 5.74. The third kappa shape index (κ3) is 4.43. The highest BCUT2D eigenvalue weighted by molar-refractivity contribution is 7.19. The molecule has 0 unspecified atom stereocenters. The first kappa shape index (κ1) is 21.4. The van der Waals surface area contributed by atoms with Gasteiger partial charge >= 0.3 is 0 Å². The van der Waals surface area contributed by atoms with E-state index >= 15 is 0 Å². The number of nitrogens with two attached hydrogens (primary N) is 1. The van der Waals surface area contributed by atoms with Gasteiger partial charge in [0.2, 0.25) is 0 Å². The van der Waals surface area contributed by atoms with E-state index in [1.807, 2.05) is 42.1 Å². The molecule has 4 heterocycles. The van der Waals surface area contributed by atoms with Crippen LogP contribution in [0.3, 0.4) is 0 Å². The minimum atomic E-state index is -0.976. The van der Waals surface area contributed by atoms with Crippen molar-refractivity contribution in [3.8, 4) is 10.4 Å². The van der Waals surface area contributed by atoms with Gasteiger partial charge in [-0.2, -0.15) is 0 Å². The second kappa shape index (κ2) is 8.33.